The Bertz CT molecular complexity index is 220. The Morgan fingerprint density at radius 3 is 2.82 bits per heavy atom. The third-order valence-electron chi connectivity index (χ3n) is 1.31. The number of aromatic nitrogens is 1. The summed E-state index contributed by atoms with van der Waals surface area (Å²) >= 11 is 9.09. The molecule has 0 N–H and O–H groups in total. The normalized spacial score (nSPS) is 13.0. The molecule has 0 radical (unpaired) electrons. The first-order valence-electron chi connectivity index (χ1n) is 3.43. The van der Waals surface area contributed by atoms with E-state index in [9.17, 15) is 0 Å². The monoisotopic (exact) mass is 233 g/mol. The highest BCUT2D eigenvalue weighted by molar-refractivity contribution is 9.09. The maximum atomic E-state index is 5.63. The van der Waals surface area contributed by atoms with Crippen LogP contribution in [-0.4, -0.2) is 9.81 Å². The second-order valence-corrected chi connectivity index (χ2v) is 4.42. The first-order chi connectivity index (χ1) is 5.18. The summed E-state index contributed by atoms with van der Waals surface area (Å²) in [4.78, 5) is 4.47. The standard InChI is InChI=1S/C8H9BrClN/c1-6(9)4-7-2-3-8(10)11-5-7/h2-3,5-6H,4H2,1H3. The number of alkyl halides is 1. The Labute approximate surface area is 79.9 Å². The van der Waals surface area contributed by atoms with Crippen LogP contribution in [0.15, 0.2) is 18.3 Å². The molecule has 0 aliphatic heterocycles. The molecule has 1 heterocycles. The first kappa shape index (κ1) is 9.01. The zero-order valence-corrected chi connectivity index (χ0v) is 8.56. The van der Waals surface area contributed by atoms with Crippen molar-refractivity contribution >= 4 is 27.5 Å². The zero-order chi connectivity index (χ0) is 8.27. The Hall–Kier alpha value is -0.0800. The number of rotatable bonds is 2. The molecule has 1 unspecified atom stereocenters. The van der Waals surface area contributed by atoms with Gasteiger partial charge in [0.25, 0.3) is 0 Å². The highest BCUT2D eigenvalue weighted by Crippen LogP contribution is 2.10. The van der Waals surface area contributed by atoms with E-state index >= 15 is 0 Å². The van der Waals surface area contributed by atoms with Crippen LogP contribution in [0.25, 0.3) is 0 Å². The molecule has 0 spiro atoms. The average Bonchev–Trinajstić information content (AvgIpc) is 1.93. The van der Waals surface area contributed by atoms with Crippen LogP contribution < -0.4 is 0 Å². The molecular weight excluding hydrogens is 225 g/mol. The Kier molecular flexibility index (Phi) is 3.34. The van der Waals surface area contributed by atoms with Crippen molar-refractivity contribution in [2.45, 2.75) is 18.2 Å². The van der Waals surface area contributed by atoms with Crippen LogP contribution in [0.1, 0.15) is 12.5 Å². The third-order valence-corrected chi connectivity index (χ3v) is 1.85. The Morgan fingerprint density at radius 1 is 1.64 bits per heavy atom. The predicted octanol–water partition coefficient (Wildman–Crippen LogP) is 3.06. The first-order valence-corrected chi connectivity index (χ1v) is 4.72. The molecule has 0 fully saturated rings. The number of hydrogen-bond donors (Lipinski definition) is 0. The van der Waals surface area contributed by atoms with Crippen LogP contribution in [-0.2, 0) is 6.42 Å². The minimum atomic E-state index is 0.491. The predicted molar refractivity (Wildman–Crippen MR) is 51.3 cm³/mol. The molecule has 0 bridgehead atoms. The molecule has 1 aromatic rings. The van der Waals surface area contributed by atoms with E-state index in [0.717, 1.165) is 6.42 Å². The molecule has 0 aliphatic carbocycles. The Morgan fingerprint density at radius 2 is 2.36 bits per heavy atom. The maximum absolute atomic E-state index is 5.63. The van der Waals surface area contributed by atoms with Crippen molar-refractivity contribution < 1.29 is 0 Å². The molecule has 0 saturated carbocycles. The van der Waals surface area contributed by atoms with Gasteiger partial charge in [-0.1, -0.05) is 40.5 Å². The van der Waals surface area contributed by atoms with Crippen molar-refractivity contribution in [1.29, 1.82) is 0 Å². The summed E-state index contributed by atoms with van der Waals surface area (Å²) in [6.07, 6.45) is 2.80. The largest absolute Gasteiger partial charge is 0.244 e. The van der Waals surface area contributed by atoms with Gasteiger partial charge >= 0.3 is 0 Å². The molecule has 1 atom stereocenters. The molecule has 60 valence electrons. The fraction of sp³-hybridized carbons (Fsp3) is 0.375. The Balaban J connectivity index is 2.66. The van der Waals surface area contributed by atoms with Crippen molar-refractivity contribution in [3.05, 3.63) is 29.0 Å². The molecular formula is C8H9BrClN. The van der Waals surface area contributed by atoms with Crippen molar-refractivity contribution in [2.75, 3.05) is 0 Å². The van der Waals surface area contributed by atoms with Crippen molar-refractivity contribution in [2.24, 2.45) is 0 Å². The molecule has 1 rings (SSSR count). The smallest absolute Gasteiger partial charge is 0.129 e. The lowest BCUT2D eigenvalue weighted by molar-refractivity contribution is 0.950. The van der Waals surface area contributed by atoms with Crippen molar-refractivity contribution in [3.63, 3.8) is 0 Å². The van der Waals surface area contributed by atoms with E-state index in [2.05, 4.69) is 27.8 Å². The molecule has 0 saturated heterocycles. The summed E-state index contributed by atoms with van der Waals surface area (Å²) in [5, 5.41) is 0.552. The highest BCUT2D eigenvalue weighted by atomic mass is 79.9. The van der Waals surface area contributed by atoms with Gasteiger partial charge in [-0.3, -0.25) is 0 Å². The molecule has 0 aliphatic rings. The van der Waals surface area contributed by atoms with Gasteiger partial charge in [-0.2, -0.15) is 0 Å². The number of hydrogen-bond acceptors (Lipinski definition) is 1. The van der Waals surface area contributed by atoms with Gasteiger partial charge < -0.3 is 0 Å². The molecule has 11 heavy (non-hydrogen) atoms. The number of pyridine rings is 1. The van der Waals surface area contributed by atoms with E-state index < -0.39 is 0 Å². The van der Waals surface area contributed by atoms with Gasteiger partial charge in [-0.25, -0.2) is 4.98 Å². The van der Waals surface area contributed by atoms with Crippen LogP contribution in [0, 0.1) is 0 Å². The minimum Gasteiger partial charge on any atom is -0.244 e. The van der Waals surface area contributed by atoms with Crippen molar-refractivity contribution in [3.8, 4) is 0 Å². The quantitative estimate of drug-likeness (QED) is 0.566. The van der Waals surface area contributed by atoms with E-state index in [-0.39, 0.29) is 0 Å². The van der Waals surface area contributed by atoms with Gasteiger partial charge in [0.2, 0.25) is 0 Å². The average molecular weight is 235 g/mol. The maximum Gasteiger partial charge on any atom is 0.129 e. The van der Waals surface area contributed by atoms with E-state index in [1.165, 1.54) is 5.56 Å². The van der Waals surface area contributed by atoms with Crippen LogP contribution in [0.3, 0.4) is 0 Å². The van der Waals surface area contributed by atoms with E-state index in [0.29, 0.717) is 9.98 Å². The van der Waals surface area contributed by atoms with E-state index in [4.69, 9.17) is 11.6 Å². The number of nitrogens with zero attached hydrogens (tertiary/aromatic N) is 1. The molecule has 3 heteroatoms. The second-order valence-electron chi connectivity index (χ2n) is 2.47. The zero-order valence-electron chi connectivity index (χ0n) is 6.22. The van der Waals surface area contributed by atoms with Gasteiger partial charge in [-0.15, -0.1) is 0 Å². The lowest BCUT2D eigenvalue weighted by atomic mass is 10.2. The van der Waals surface area contributed by atoms with E-state index in [1.807, 2.05) is 12.1 Å². The third kappa shape index (κ3) is 3.21. The highest BCUT2D eigenvalue weighted by Gasteiger charge is 1.98. The van der Waals surface area contributed by atoms with E-state index in [1.54, 1.807) is 6.20 Å². The molecule has 0 aromatic carbocycles. The lowest BCUT2D eigenvalue weighted by Crippen LogP contribution is -1.96. The summed E-state index contributed by atoms with van der Waals surface area (Å²) in [6.45, 7) is 2.11. The van der Waals surface area contributed by atoms with Crippen LogP contribution in [0.4, 0.5) is 0 Å². The summed E-state index contributed by atoms with van der Waals surface area (Å²) in [6, 6.07) is 3.80. The van der Waals surface area contributed by atoms with Gasteiger partial charge in [-0.05, 0) is 18.1 Å². The van der Waals surface area contributed by atoms with Gasteiger partial charge in [0.05, 0.1) is 0 Å². The molecule has 1 nitrogen and oxygen atoms in total. The van der Waals surface area contributed by atoms with Gasteiger partial charge in [0, 0.05) is 11.0 Å². The summed E-state index contributed by atoms with van der Waals surface area (Å²) in [5.41, 5.74) is 1.21. The number of halogens is 2. The fourth-order valence-corrected chi connectivity index (χ4v) is 1.34. The lowest BCUT2D eigenvalue weighted by Gasteiger charge is -2.01. The van der Waals surface area contributed by atoms with Crippen LogP contribution in [0.5, 0.6) is 0 Å². The summed E-state index contributed by atoms with van der Waals surface area (Å²) in [7, 11) is 0. The summed E-state index contributed by atoms with van der Waals surface area (Å²) < 4.78 is 0. The second kappa shape index (κ2) is 4.07. The molecule has 0 amide bonds. The SMILES string of the molecule is CC(Br)Cc1ccc(Cl)nc1. The van der Waals surface area contributed by atoms with Crippen LogP contribution >= 0.6 is 27.5 Å². The fourth-order valence-electron chi connectivity index (χ4n) is 0.852. The van der Waals surface area contributed by atoms with Crippen LogP contribution in [0.2, 0.25) is 5.15 Å². The topological polar surface area (TPSA) is 12.9 Å². The summed E-state index contributed by atoms with van der Waals surface area (Å²) in [5.74, 6) is 0. The van der Waals surface area contributed by atoms with Gasteiger partial charge in [0.1, 0.15) is 5.15 Å². The minimum absolute atomic E-state index is 0.491. The van der Waals surface area contributed by atoms with Crippen molar-refractivity contribution in [1.82, 2.24) is 4.98 Å². The molecule has 1 aromatic heterocycles. The van der Waals surface area contributed by atoms with Gasteiger partial charge in [0.15, 0.2) is 0 Å².